The minimum absolute atomic E-state index is 0.121. The lowest BCUT2D eigenvalue weighted by atomic mass is 10.1. The van der Waals surface area contributed by atoms with Crippen molar-refractivity contribution in [3.05, 3.63) is 37.1 Å². The number of rotatable bonds is 5. The molecule has 1 atom stereocenters. The van der Waals surface area contributed by atoms with Crippen molar-refractivity contribution in [1.29, 1.82) is 0 Å². The van der Waals surface area contributed by atoms with Gasteiger partial charge in [-0.15, -0.1) is 6.58 Å². The molecule has 2 N–H and O–H groups in total. The quantitative estimate of drug-likeness (QED) is 0.436. The number of aromatic nitrogens is 1. The van der Waals surface area contributed by atoms with E-state index >= 15 is 0 Å². The molecule has 5 nitrogen and oxygen atoms in total. The van der Waals surface area contributed by atoms with Gasteiger partial charge in [-0.3, -0.25) is 4.84 Å². The summed E-state index contributed by atoms with van der Waals surface area (Å²) in [4.78, 5) is 9.30. The second-order valence-electron chi connectivity index (χ2n) is 3.48. The summed E-state index contributed by atoms with van der Waals surface area (Å²) in [6.45, 7) is 5.65. The van der Waals surface area contributed by atoms with Crippen molar-refractivity contribution < 1.29 is 9.25 Å². The van der Waals surface area contributed by atoms with Gasteiger partial charge >= 0.3 is 0 Å². The van der Waals surface area contributed by atoms with E-state index in [0.717, 1.165) is 18.7 Å². The van der Waals surface area contributed by atoms with Crippen LogP contribution in [0.25, 0.3) is 5.57 Å². The molecule has 5 heteroatoms. The number of nitrogens with zero attached hydrogens (tertiary/aromatic N) is 1. The van der Waals surface area contributed by atoms with Gasteiger partial charge in [0.05, 0.1) is 18.8 Å². The summed E-state index contributed by atoms with van der Waals surface area (Å²) in [6, 6.07) is 0.121. The van der Waals surface area contributed by atoms with E-state index < -0.39 is 0 Å². The molecule has 0 fully saturated rings. The third kappa shape index (κ3) is 2.79. The molecule has 1 aliphatic heterocycles. The predicted octanol–water partition coefficient (Wildman–Crippen LogP) is 0.737. The Hall–Kier alpha value is -1.43. The highest BCUT2D eigenvalue weighted by molar-refractivity contribution is 5.61. The molecule has 2 heterocycles. The van der Waals surface area contributed by atoms with E-state index in [2.05, 4.69) is 28.4 Å². The van der Waals surface area contributed by atoms with Gasteiger partial charge in [0.25, 0.3) is 0 Å². The van der Waals surface area contributed by atoms with E-state index in [-0.39, 0.29) is 6.04 Å². The highest BCUT2D eigenvalue weighted by atomic mass is 16.6. The Labute approximate surface area is 94.1 Å². The summed E-state index contributed by atoms with van der Waals surface area (Å²) in [7, 11) is 0. The summed E-state index contributed by atoms with van der Waals surface area (Å²) in [5.74, 6) is 0.655. The number of nitrogens with one attached hydrogen (secondary N) is 2. The molecule has 1 aliphatic rings. The first-order valence-electron chi connectivity index (χ1n) is 5.19. The highest BCUT2D eigenvalue weighted by Gasteiger charge is 2.16. The van der Waals surface area contributed by atoms with E-state index in [1.807, 2.05) is 0 Å². The van der Waals surface area contributed by atoms with Crippen molar-refractivity contribution in [3.8, 4) is 0 Å². The third-order valence-corrected chi connectivity index (χ3v) is 2.22. The minimum atomic E-state index is 0.121. The van der Waals surface area contributed by atoms with E-state index in [4.69, 9.17) is 9.25 Å². The molecule has 0 aromatic carbocycles. The van der Waals surface area contributed by atoms with Crippen LogP contribution in [-0.4, -0.2) is 30.7 Å². The maximum atomic E-state index is 5.24. The molecule has 0 saturated heterocycles. The van der Waals surface area contributed by atoms with Crippen LogP contribution >= 0.6 is 0 Å². The fraction of sp³-hybridized carbons (Fsp3) is 0.364. The van der Waals surface area contributed by atoms with Gasteiger partial charge in [0, 0.05) is 18.7 Å². The Balaban J connectivity index is 1.95. The first-order valence-corrected chi connectivity index (χ1v) is 5.19. The standard InChI is InChI=1S/C11H15N3O2/c1-2-4-16-14-10-6-9(7-12-8-10)11-13-3-5-15-11/h2-3,5-6,10,12,14H,1,4,7-8H2. The molecule has 1 aromatic rings. The fourth-order valence-electron chi connectivity index (χ4n) is 1.54. The maximum absolute atomic E-state index is 5.24. The molecular formula is C11H15N3O2. The zero-order valence-corrected chi connectivity index (χ0v) is 8.98. The van der Waals surface area contributed by atoms with E-state index in [9.17, 15) is 0 Å². The lowest BCUT2D eigenvalue weighted by Gasteiger charge is -2.21. The van der Waals surface area contributed by atoms with Gasteiger partial charge in [-0.1, -0.05) is 12.2 Å². The van der Waals surface area contributed by atoms with Crippen LogP contribution in [0.1, 0.15) is 5.89 Å². The largest absolute Gasteiger partial charge is 0.445 e. The van der Waals surface area contributed by atoms with Gasteiger partial charge in [-0.05, 0) is 0 Å². The molecule has 0 bridgehead atoms. The smallest absolute Gasteiger partial charge is 0.222 e. The number of oxazole rings is 1. The van der Waals surface area contributed by atoms with Crippen LogP contribution in [0.2, 0.25) is 0 Å². The molecule has 2 rings (SSSR count). The molecule has 86 valence electrons. The monoisotopic (exact) mass is 221 g/mol. The molecule has 0 amide bonds. The molecule has 1 aromatic heterocycles. The highest BCUT2D eigenvalue weighted by Crippen LogP contribution is 2.14. The number of hydrogen-bond donors (Lipinski definition) is 2. The molecule has 0 saturated carbocycles. The summed E-state index contributed by atoms with van der Waals surface area (Å²) >= 11 is 0. The van der Waals surface area contributed by atoms with Crippen molar-refractivity contribution >= 4 is 5.57 Å². The van der Waals surface area contributed by atoms with Crippen LogP contribution in [-0.2, 0) is 4.84 Å². The van der Waals surface area contributed by atoms with Crippen LogP contribution in [0.15, 0.2) is 35.6 Å². The molecule has 0 spiro atoms. The van der Waals surface area contributed by atoms with Crippen molar-refractivity contribution in [2.45, 2.75) is 6.04 Å². The molecule has 1 unspecified atom stereocenters. The van der Waals surface area contributed by atoms with Crippen LogP contribution in [0.4, 0.5) is 0 Å². The molecule has 0 radical (unpaired) electrons. The Bertz CT molecular complexity index is 359. The Morgan fingerprint density at radius 2 is 2.69 bits per heavy atom. The first-order chi connectivity index (χ1) is 7.90. The average molecular weight is 221 g/mol. The van der Waals surface area contributed by atoms with Gasteiger partial charge in [0.1, 0.15) is 6.26 Å². The third-order valence-electron chi connectivity index (χ3n) is 2.22. The fourth-order valence-corrected chi connectivity index (χ4v) is 1.54. The van der Waals surface area contributed by atoms with Crippen molar-refractivity contribution in [1.82, 2.24) is 15.8 Å². The molecule has 0 aliphatic carbocycles. The Kier molecular flexibility index (Phi) is 3.87. The van der Waals surface area contributed by atoms with Gasteiger partial charge < -0.3 is 9.73 Å². The summed E-state index contributed by atoms with van der Waals surface area (Å²) in [5.41, 5.74) is 3.97. The average Bonchev–Trinajstić information content (AvgIpc) is 2.83. The zero-order valence-electron chi connectivity index (χ0n) is 8.98. The van der Waals surface area contributed by atoms with E-state index in [1.54, 1.807) is 18.5 Å². The van der Waals surface area contributed by atoms with Crippen molar-refractivity contribution in [2.75, 3.05) is 19.7 Å². The van der Waals surface area contributed by atoms with Crippen LogP contribution in [0.3, 0.4) is 0 Å². The zero-order chi connectivity index (χ0) is 11.2. The Morgan fingerprint density at radius 1 is 1.75 bits per heavy atom. The van der Waals surface area contributed by atoms with Crippen molar-refractivity contribution in [3.63, 3.8) is 0 Å². The second-order valence-corrected chi connectivity index (χ2v) is 3.48. The summed E-state index contributed by atoms with van der Waals surface area (Å²) in [6.07, 6.45) is 6.97. The second kappa shape index (κ2) is 5.60. The summed E-state index contributed by atoms with van der Waals surface area (Å²) in [5, 5.41) is 3.26. The van der Waals surface area contributed by atoms with Crippen LogP contribution < -0.4 is 10.8 Å². The molecule has 16 heavy (non-hydrogen) atoms. The van der Waals surface area contributed by atoms with E-state index in [1.165, 1.54) is 0 Å². The Morgan fingerprint density at radius 3 is 3.44 bits per heavy atom. The van der Waals surface area contributed by atoms with Gasteiger partial charge in [-0.2, -0.15) is 5.48 Å². The number of hydroxylamine groups is 1. The maximum Gasteiger partial charge on any atom is 0.222 e. The lowest BCUT2D eigenvalue weighted by molar-refractivity contribution is 0.0459. The predicted molar refractivity (Wildman–Crippen MR) is 60.4 cm³/mol. The molecular weight excluding hydrogens is 206 g/mol. The minimum Gasteiger partial charge on any atom is -0.445 e. The first kappa shape index (κ1) is 11.1. The number of hydrogen-bond acceptors (Lipinski definition) is 5. The van der Waals surface area contributed by atoms with Gasteiger partial charge in [0.15, 0.2) is 0 Å². The van der Waals surface area contributed by atoms with Crippen molar-refractivity contribution in [2.24, 2.45) is 0 Å². The van der Waals surface area contributed by atoms with Crippen LogP contribution in [0.5, 0.6) is 0 Å². The lowest BCUT2D eigenvalue weighted by Crippen LogP contribution is -2.41. The normalized spacial score (nSPS) is 20.5. The summed E-state index contributed by atoms with van der Waals surface area (Å²) < 4.78 is 5.24. The SMILES string of the molecule is C=CCONC1C=C(c2ncco2)CNC1. The van der Waals surface area contributed by atoms with E-state index in [0.29, 0.717) is 12.5 Å². The van der Waals surface area contributed by atoms with Crippen LogP contribution in [0, 0.1) is 0 Å². The van der Waals surface area contributed by atoms with Gasteiger partial charge in [0.2, 0.25) is 5.89 Å². The van der Waals surface area contributed by atoms with Gasteiger partial charge in [-0.25, -0.2) is 4.98 Å². The topological polar surface area (TPSA) is 59.3 Å².